The number of carbonyl (C=O) groups excluding carboxylic acids is 2. The van der Waals surface area contributed by atoms with E-state index in [-0.39, 0.29) is 34.7 Å². The zero-order valence-corrected chi connectivity index (χ0v) is 22.1. The van der Waals surface area contributed by atoms with Gasteiger partial charge in [0.15, 0.2) is 0 Å². The van der Waals surface area contributed by atoms with E-state index in [9.17, 15) is 23.9 Å². The van der Waals surface area contributed by atoms with Gasteiger partial charge in [0.1, 0.15) is 17.7 Å². The first-order valence-electron chi connectivity index (χ1n) is 13.1. The molecule has 1 aliphatic carbocycles. The van der Waals surface area contributed by atoms with E-state index in [2.05, 4.69) is 23.7 Å². The number of aromatic nitrogens is 2. The van der Waals surface area contributed by atoms with Gasteiger partial charge >= 0.3 is 0 Å². The first-order chi connectivity index (χ1) is 18.5. The number of halogens is 2. The molecular formula is C29H30F2N4O4. The van der Waals surface area contributed by atoms with Crippen molar-refractivity contribution >= 4 is 23.2 Å². The van der Waals surface area contributed by atoms with Gasteiger partial charge in [-0.1, -0.05) is 13.8 Å². The van der Waals surface area contributed by atoms with Crippen molar-refractivity contribution in [2.24, 2.45) is 18.4 Å². The molecule has 0 spiro atoms. The van der Waals surface area contributed by atoms with Crippen molar-refractivity contribution in [3.8, 4) is 11.1 Å². The molecule has 2 aliphatic heterocycles. The molecule has 3 aromatic rings. The summed E-state index contributed by atoms with van der Waals surface area (Å²) in [5, 5.41) is 12.9. The minimum Gasteiger partial charge on any atom is -0.392 e. The molecule has 0 unspecified atom stereocenters. The number of hydrogen-bond acceptors (Lipinski definition) is 4. The topological polar surface area (TPSA) is 96.6 Å². The minimum absolute atomic E-state index is 0.0706. The summed E-state index contributed by atoms with van der Waals surface area (Å²) in [4.78, 5) is 40.2. The second-order valence-corrected chi connectivity index (χ2v) is 11.6. The van der Waals surface area contributed by atoms with Crippen LogP contribution in [0.2, 0.25) is 0 Å². The van der Waals surface area contributed by atoms with Crippen LogP contribution in [0.4, 0.5) is 20.2 Å². The average Bonchev–Trinajstić information content (AvgIpc) is 3.41. The molecule has 1 aromatic carbocycles. The molecule has 4 heterocycles. The maximum absolute atomic E-state index is 15.1. The minimum atomic E-state index is -1.22. The van der Waals surface area contributed by atoms with Gasteiger partial charge in [-0.3, -0.25) is 14.4 Å². The van der Waals surface area contributed by atoms with Gasteiger partial charge in [-0.2, -0.15) is 0 Å². The Morgan fingerprint density at radius 3 is 2.62 bits per heavy atom. The van der Waals surface area contributed by atoms with Crippen molar-refractivity contribution in [2.75, 3.05) is 16.8 Å². The van der Waals surface area contributed by atoms with Crippen LogP contribution in [0.25, 0.3) is 11.1 Å². The highest BCUT2D eigenvalue weighted by atomic mass is 19.1. The van der Waals surface area contributed by atoms with Crippen molar-refractivity contribution < 1.29 is 23.5 Å². The van der Waals surface area contributed by atoms with Gasteiger partial charge in [0.05, 0.1) is 23.8 Å². The van der Waals surface area contributed by atoms with E-state index in [1.54, 1.807) is 0 Å². The molecule has 2 amide bonds. The van der Waals surface area contributed by atoms with E-state index in [1.807, 2.05) is 6.07 Å². The van der Waals surface area contributed by atoms with Crippen LogP contribution in [0.3, 0.4) is 0 Å². The molecule has 2 aromatic heterocycles. The van der Waals surface area contributed by atoms with Gasteiger partial charge in [-0.25, -0.2) is 8.78 Å². The van der Waals surface area contributed by atoms with Crippen LogP contribution in [0.5, 0.6) is 0 Å². The third-order valence-corrected chi connectivity index (χ3v) is 8.03. The number of fused-ring (bicyclic) bond motifs is 3. The maximum Gasteiger partial charge on any atom is 0.274 e. The smallest absolute Gasteiger partial charge is 0.274 e. The molecule has 0 radical (unpaired) electrons. The Morgan fingerprint density at radius 1 is 1.18 bits per heavy atom. The van der Waals surface area contributed by atoms with Crippen LogP contribution in [-0.4, -0.2) is 38.8 Å². The van der Waals surface area contributed by atoms with Crippen molar-refractivity contribution in [1.82, 2.24) is 9.13 Å². The lowest BCUT2D eigenvalue weighted by Gasteiger charge is -2.31. The third-order valence-electron chi connectivity index (χ3n) is 8.03. The summed E-state index contributed by atoms with van der Waals surface area (Å²) in [5.74, 6) is -2.24. The van der Waals surface area contributed by atoms with Gasteiger partial charge in [0.25, 0.3) is 11.5 Å². The highest BCUT2D eigenvalue weighted by Crippen LogP contribution is 2.40. The second kappa shape index (κ2) is 8.87. The Bertz CT molecular complexity index is 1610. The monoisotopic (exact) mass is 536 g/mol. The van der Waals surface area contributed by atoms with Crippen molar-refractivity contribution in [3.05, 3.63) is 69.1 Å². The van der Waals surface area contributed by atoms with Crippen molar-refractivity contribution in [3.63, 3.8) is 0 Å². The summed E-state index contributed by atoms with van der Waals surface area (Å²) in [7, 11) is 1.48. The first kappa shape index (κ1) is 25.5. The van der Waals surface area contributed by atoms with Crippen molar-refractivity contribution in [1.29, 1.82) is 0 Å². The molecule has 10 heteroatoms. The summed E-state index contributed by atoms with van der Waals surface area (Å²) in [5.41, 5.74) is 3.49. The van der Waals surface area contributed by atoms with E-state index in [1.165, 1.54) is 40.9 Å². The number of carbonyl (C=O) groups is 2. The Hall–Kier alpha value is -3.79. The number of benzene rings is 1. The molecule has 6 rings (SSSR count). The molecule has 3 aliphatic rings. The Morgan fingerprint density at radius 2 is 1.92 bits per heavy atom. The lowest BCUT2D eigenvalue weighted by Crippen LogP contribution is -2.39. The number of nitrogens with zero attached hydrogens (tertiary/aromatic N) is 3. The molecular weight excluding hydrogens is 506 g/mol. The molecule has 39 heavy (non-hydrogen) atoms. The van der Waals surface area contributed by atoms with Crippen molar-refractivity contribution in [2.45, 2.75) is 52.4 Å². The fourth-order valence-electron chi connectivity index (χ4n) is 6.01. The number of amides is 2. The lowest BCUT2D eigenvalue weighted by molar-refractivity contribution is -0.117. The lowest BCUT2D eigenvalue weighted by atomic mass is 9.90. The second-order valence-electron chi connectivity index (χ2n) is 11.6. The number of rotatable bonds is 5. The van der Waals surface area contributed by atoms with E-state index in [0.717, 1.165) is 24.4 Å². The number of alkyl halides is 1. The summed E-state index contributed by atoms with van der Waals surface area (Å²) < 4.78 is 31.9. The molecule has 1 saturated carbocycles. The largest absolute Gasteiger partial charge is 0.392 e. The third kappa shape index (κ3) is 4.27. The zero-order valence-electron chi connectivity index (χ0n) is 22.1. The SMILES string of the molecule is Cn1cc(-c2cc(F)cc(N3CCc4c(cc5n4CC(C)(C)C5)C3=O)c2CO)cc(NC(=O)[C@@H]2C[C@@H]2F)c1=O. The molecule has 204 valence electrons. The number of nitrogens with one attached hydrogen (secondary N) is 1. The van der Waals surface area contributed by atoms with Gasteiger partial charge in [0, 0.05) is 55.3 Å². The predicted molar refractivity (Wildman–Crippen MR) is 142 cm³/mol. The van der Waals surface area contributed by atoms with Crippen LogP contribution in [-0.2, 0) is 37.8 Å². The van der Waals surface area contributed by atoms with Crippen LogP contribution in [0, 0.1) is 17.2 Å². The number of pyridine rings is 1. The molecule has 1 fully saturated rings. The summed E-state index contributed by atoms with van der Waals surface area (Å²) in [6.45, 7) is 5.08. The quantitative estimate of drug-likeness (QED) is 0.521. The van der Waals surface area contributed by atoms with Gasteiger partial charge in [-0.05, 0) is 48.1 Å². The Balaban J connectivity index is 1.39. The van der Waals surface area contributed by atoms with Gasteiger partial charge in [-0.15, -0.1) is 0 Å². The maximum atomic E-state index is 15.1. The fourth-order valence-corrected chi connectivity index (χ4v) is 6.01. The average molecular weight is 537 g/mol. The van der Waals surface area contributed by atoms with E-state index >= 15 is 4.39 Å². The Labute approximate surface area is 223 Å². The van der Waals surface area contributed by atoms with Crippen LogP contribution < -0.4 is 15.8 Å². The summed E-state index contributed by atoms with van der Waals surface area (Å²) in [6.07, 6.45) is 1.83. The molecule has 0 saturated heterocycles. The van der Waals surface area contributed by atoms with Gasteiger partial charge in [0.2, 0.25) is 5.91 Å². The normalized spacial score (nSPS) is 21.1. The number of anilines is 2. The summed E-state index contributed by atoms with van der Waals surface area (Å²) >= 11 is 0. The molecule has 0 bridgehead atoms. The number of aliphatic hydroxyl groups is 1. The van der Waals surface area contributed by atoms with E-state index in [0.29, 0.717) is 29.7 Å². The first-order valence-corrected chi connectivity index (χ1v) is 13.1. The van der Waals surface area contributed by atoms with E-state index in [4.69, 9.17) is 0 Å². The highest BCUT2D eigenvalue weighted by Gasteiger charge is 2.44. The fraction of sp³-hybridized carbons (Fsp3) is 0.414. The molecule has 8 nitrogen and oxygen atoms in total. The number of hydrogen-bond donors (Lipinski definition) is 2. The summed E-state index contributed by atoms with van der Waals surface area (Å²) in [6, 6.07) is 5.79. The molecule has 2 N–H and O–H groups in total. The van der Waals surface area contributed by atoms with Crippen LogP contribution >= 0.6 is 0 Å². The number of aliphatic hydroxyl groups excluding tert-OH is 1. The standard InChI is InChI=1S/C29H30F2N4O4/c1-29(2)11-17-9-20-24(35(17)14-29)4-5-34(27(20)38)25-8-16(30)7-18(21(25)13-36)15-6-23(28(39)33(3)12-15)32-26(37)19-10-22(19)31/h6-9,12,19,22,36H,4-5,10-11,13-14H2,1-3H3,(H,32,37)/t19-,22+/m1/s1. The zero-order chi connectivity index (χ0) is 27.8. The van der Waals surface area contributed by atoms with Gasteiger partial charge < -0.3 is 24.5 Å². The highest BCUT2D eigenvalue weighted by molar-refractivity contribution is 6.09. The van der Waals surface area contributed by atoms with E-state index < -0.39 is 36.0 Å². The van der Waals surface area contributed by atoms with Crippen LogP contribution in [0.1, 0.15) is 47.6 Å². The van der Waals surface area contributed by atoms with Crippen LogP contribution in [0.15, 0.2) is 35.3 Å². The molecule has 2 atom stereocenters. The number of aryl methyl sites for hydroxylation is 1. The Kier molecular flexibility index (Phi) is 5.80. The predicted octanol–water partition coefficient (Wildman–Crippen LogP) is 3.57.